The summed E-state index contributed by atoms with van der Waals surface area (Å²) in [5.41, 5.74) is 4.65. The van der Waals surface area contributed by atoms with E-state index in [0.717, 1.165) is 54.8 Å². The van der Waals surface area contributed by atoms with E-state index in [2.05, 4.69) is 27.0 Å². The smallest absolute Gasteiger partial charge is 0.225 e. The Morgan fingerprint density at radius 1 is 0.826 bits per heavy atom. The van der Waals surface area contributed by atoms with Crippen LogP contribution in [0.1, 0.15) is 22.5 Å². The summed E-state index contributed by atoms with van der Waals surface area (Å²) in [6.07, 6.45) is 1.90. The number of hydrogen-bond donors (Lipinski definition) is 0. The molecule has 0 spiro atoms. The second-order valence-electron chi connectivity index (χ2n) is 5.91. The number of fused-ring (bicyclic) bond motifs is 1. The number of hydrogen-bond acceptors (Lipinski definition) is 5. The first-order chi connectivity index (χ1) is 11.1. The zero-order valence-corrected chi connectivity index (χ0v) is 14.2. The van der Waals surface area contributed by atoms with Crippen LogP contribution in [0.3, 0.4) is 0 Å². The van der Waals surface area contributed by atoms with Crippen LogP contribution in [0.2, 0.25) is 0 Å². The Hall–Kier alpha value is -2.30. The summed E-state index contributed by atoms with van der Waals surface area (Å²) in [7, 11) is 3.35. The molecule has 0 amide bonds. The van der Waals surface area contributed by atoms with E-state index in [9.17, 15) is 0 Å². The Morgan fingerprint density at radius 2 is 1.30 bits per heavy atom. The fraction of sp³-hybridized carbons (Fsp3) is 0.444. The van der Waals surface area contributed by atoms with Gasteiger partial charge in [0.1, 0.15) is 0 Å². The third-order valence-electron chi connectivity index (χ3n) is 4.26. The maximum absolute atomic E-state index is 5.42. The molecule has 0 radical (unpaired) electrons. The standard InChI is InChI=1S/C18H23N3O2/c1-12-9-13(2)20-18(19-12)21-7-5-14-10-16(22-3)17(23-4)11-15(14)6-8-21/h9-11H,5-8H2,1-4H3. The molecule has 0 bridgehead atoms. The third-order valence-corrected chi connectivity index (χ3v) is 4.26. The van der Waals surface area contributed by atoms with Gasteiger partial charge >= 0.3 is 0 Å². The maximum atomic E-state index is 5.42. The summed E-state index contributed by atoms with van der Waals surface area (Å²) in [4.78, 5) is 11.5. The Kier molecular flexibility index (Phi) is 4.37. The van der Waals surface area contributed by atoms with Crippen LogP contribution in [-0.2, 0) is 12.8 Å². The van der Waals surface area contributed by atoms with E-state index in [-0.39, 0.29) is 0 Å². The Bertz CT molecular complexity index is 660. The number of aryl methyl sites for hydroxylation is 2. The summed E-state index contributed by atoms with van der Waals surface area (Å²) in [5.74, 6) is 2.42. The number of ether oxygens (including phenoxy) is 2. The summed E-state index contributed by atoms with van der Waals surface area (Å²) in [5, 5.41) is 0. The Balaban J connectivity index is 1.87. The van der Waals surface area contributed by atoms with Gasteiger partial charge in [0.15, 0.2) is 11.5 Å². The summed E-state index contributed by atoms with van der Waals surface area (Å²) in [6.45, 7) is 5.84. The van der Waals surface area contributed by atoms with Crippen molar-refractivity contribution >= 4 is 5.95 Å². The number of rotatable bonds is 3. The first-order valence-electron chi connectivity index (χ1n) is 7.91. The first-order valence-corrected chi connectivity index (χ1v) is 7.91. The van der Waals surface area contributed by atoms with Gasteiger partial charge < -0.3 is 14.4 Å². The average molecular weight is 313 g/mol. The molecule has 0 saturated carbocycles. The van der Waals surface area contributed by atoms with Crippen LogP contribution in [0.15, 0.2) is 18.2 Å². The van der Waals surface area contributed by atoms with Gasteiger partial charge in [0.2, 0.25) is 5.95 Å². The fourth-order valence-corrected chi connectivity index (χ4v) is 3.10. The summed E-state index contributed by atoms with van der Waals surface area (Å²) in [6, 6.07) is 6.20. The van der Waals surface area contributed by atoms with Crippen LogP contribution in [-0.4, -0.2) is 37.3 Å². The Labute approximate surface area is 137 Å². The predicted molar refractivity (Wildman–Crippen MR) is 90.7 cm³/mol. The zero-order valence-electron chi connectivity index (χ0n) is 14.2. The van der Waals surface area contributed by atoms with E-state index in [0.29, 0.717) is 0 Å². The van der Waals surface area contributed by atoms with Crippen molar-refractivity contribution in [3.05, 3.63) is 40.7 Å². The molecule has 1 aromatic carbocycles. The molecule has 1 aromatic heterocycles. The molecule has 3 rings (SSSR count). The Morgan fingerprint density at radius 3 is 1.74 bits per heavy atom. The van der Waals surface area contributed by atoms with Crippen molar-refractivity contribution in [2.75, 3.05) is 32.2 Å². The van der Waals surface area contributed by atoms with E-state index in [1.54, 1.807) is 14.2 Å². The van der Waals surface area contributed by atoms with E-state index in [1.165, 1.54) is 11.1 Å². The van der Waals surface area contributed by atoms with Crippen LogP contribution in [0.25, 0.3) is 0 Å². The van der Waals surface area contributed by atoms with Gasteiger partial charge in [0, 0.05) is 24.5 Å². The van der Waals surface area contributed by atoms with Gasteiger partial charge in [-0.05, 0) is 56.0 Å². The average Bonchev–Trinajstić information content (AvgIpc) is 2.74. The van der Waals surface area contributed by atoms with Gasteiger partial charge in [-0.1, -0.05) is 0 Å². The molecular formula is C18H23N3O2. The van der Waals surface area contributed by atoms with E-state index >= 15 is 0 Å². The topological polar surface area (TPSA) is 47.5 Å². The molecule has 5 heteroatoms. The molecule has 2 heterocycles. The van der Waals surface area contributed by atoms with Gasteiger partial charge in [-0.3, -0.25) is 0 Å². The highest BCUT2D eigenvalue weighted by atomic mass is 16.5. The molecule has 0 aliphatic carbocycles. The molecular weight excluding hydrogens is 290 g/mol. The van der Waals surface area contributed by atoms with Crippen LogP contribution in [0.4, 0.5) is 5.95 Å². The second-order valence-corrected chi connectivity index (χ2v) is 5.91. The molecule has 1 aliphatic heterocycles. The van der Waals surface area contributed by atoms with Crippen molar-refractivity contribution in [3.63, 3.8) is 0 Å². The summed E-state index contributed by atoms with van der Waals surface area (Å²) >= 11 is 0. The second kappa shape index (κ2) is 6.44. The number of aromatic nitrogens is 2. The van der Waals surface area contributed by atoms with Crippen LogP contribution in [0, 0.1) is 13.8 Å². The number of nitrogens with zero attached hydrogens (tertiary/aromatic N) is 3. The van der Waals surface area contributed by atoms with Crippen molar-refractivity contribution < 1.29 is 9.47 Å². The lowest BCUT2D eigenvalue weighted by molar-refractivity contribution is 0.354. The summed E-state index contributed by atoms with van der Waals surface area (Å²) < 4.78 is 10.8. The number of methoxy groups -OCH3 is 2. The van der Waals surface area contributed by atoms with E-state index in [1.807, 2.05) is 19.9 Å². The third kappa shape index (κ3) is 3.23. The van der Waals surface area contributed by atoms with Gasteiger partial charge in [-0.2, -0.15) is 0 Å². The molecule has 0 unspecified atom stereocenters. The molecule has 1 aliphatic rings. The minimum atomic E-state index is 0.794. The van der Waals surface area contributed by atoms with Crippen LogP contribution >= 0.6 is 0 Å². The molecule has 5 nitrogen and oxygen atoms in total. The van der Waals surface area contributed by atoms with Crippen molar-refractivity contribution in [1.29, 1.82) is 0 Å². The fourth-order valence-electron chi connectivity index (χ4n) is 3.10. The van der Waals surface area contributed by atoms with Crippen molar-refractivity contribution in [2.24, 2.45) is 0 Å². The van der Waals surface area contributed by atoms with Gasteiger partial charge in [-0.25, -0.2) is 9.97 Å². The molecule has 0 saturated heterocycles. The zero-order chi connectivity index (χ0) is 16.4. The lowest BCUT2D eigenvalue weighted by Gasteiger charge is -2.20. The molecule has 0 atom stereocenters. The normalized spacial score (nSPS) is 14.2. The maximum Gasteiger partial charge on any atom is 0.225 e. The highest BCUT2D eigenvalue weighted by Crippen LogP contribution is 2.32. The minimum absolute atomic E-state index is 0.794. The van der Waals surface area contributed by atoms with Crippen molar-refractivity contribution in [3.8, 4) is 11.5 Å². The van der Waals surface area contributed by atoms with Crippen LogP contribution in [0.5, 0.6) is 11.5 Å². The van der Waals surface area contributed by atoms with Gasteiger partial charge in [0.25, 0.3) is 0 Å². The molecule has 0 fully saturated rings. The highest BCUT2D eigenvalue weighted by Gasteiger charge is 2.19. The lowest BCUT2D eigenvalue weighted by atomic mass is 10.0. The quantitative estimate of drug-likeness (QED) is 0.872. The highest BCUT2D eigenvalue weighted by molar-refractivity contribution is 5.49. The molecule has 122 valence electrons. The predicted octanol–water partition coefficient (Wildman–Crippen LogP) is 2.72. The SMILES string of the molecule is COc1cc2c(cc1OC)CCN(c1nc(C)cc(C)n1)CC2. The molecule has 0 N–H and O–H groups in total. The largest absolute Gasteiger partial charge is 0.493 e. The molecule has 2 aromatic rings. The van der Waals surface area contributed by atoms with Gasteiger partial charge in [0.05, 0.1) is 14.2 Å². The monoisotopic (exact) mass is 313 g/mol. The minimum Gasteiger partial charge on any atom is -0.493 e. The van der Waals surface area contributed by atoms with Crippen molar-refractivity contribution in [1.82, 2.24) is 9.97 Å². The van der Waals surface area contributed by atoms with Crippen molar-refractivity contribution in [2.45, 2.75) is 26.7 Å². The van der Waals surface area contributed by atoms with E-state index < -0.39 is 0 Å². The number of anilines is 1. The van der Waals surface area contributed by atoms with E-state index in [4.69, 9.17) is 9.47 Å². The number of benzene rings is 1. The van der Waals surface area contributed by atoms with Crippen LogP contribution < -0.4 is 14.4 Å². The van der Waals surface area contributed by atoms with Gasteiger partial charge in [-0.15, -0.1) is 0 Å². The first kappa shape index (κ1) is 15.6. The lowest BCUT2D eigenvalue weighted by Crippen LogP contribution is -2.28. The molecule has 23 heavy (non-hydrogen) atoms.